The predicted octanol–water partition coefficient (Wildman–Crippen LogP) is 3.39. The smallest absolute Gasteiger partial charge is 0.261 e. The normalized spacial score (nSPS) is 13.4. The van der Waals surface area contributed by atoms with E-state index in [-0.39, 0.29) is 5.91 Å². The van der Waals surface area contributed by atoms with Gasteiger partial charge in [0.15, 0.2) is 0 Å². The first-order valence-corrected chi connectivity index (χ1v) is 8.84. The van der Waals surface area contributed by atoms with Crippen molar-refractivity contribution in [3.05, 3.63) is 53.2 Å². The van der Waals surface area contributed by atoms with Gasteiger partial charge in [-0.15, -0.1) is 0 Å². The number of nitrogens with one attached hydrogen (secondary N) is 1. The third kappa shape index (κ3) is 2.77. The van der Waals surface area contributed by atoms with Gasteiger partial charge in [0, 0.05) is 36.2 Å². The first kappa shape index (κ1) is 17.3. The molecule has 6 nitrogen and oxygen atoms in total. The second-order valence-electron chi connectivity index (χ2n) is 6.48. The molecule has 27 heavy (non-hydrogen) atoms. The summed E-state index contributed by atoms with van der Waals surface area (Å²) in [7, 11) is 4.79. The number of ether oxygens (including phenoxy) is 3. The number of aromatic nitrogens is 1. The summed E-state index contributed by atoms with van der Waals surface area (Å²) >= 11 is 0. The van der Waals surface area contributed by atoms with Crippen LogP contribution < -0.4 is 14.2 Å². The van der Waals surface area contributed by atoms with Gasteiger partial charge in [-0.3, -0.25) is 4.79 Å². The van der Waals surface area contributed by atoms with Gasteiger partial charge in [-0.1, -0.05) is 18.2 Å². The Kier molecular flexibility index (Phi) is 4.39. The van der Waals surface area contributed by atoms with E-state index in [1.807, 2.05) is 23.1 Å². The Morgan fingerprint density at radius 2 is 1.59 bits per heavy atom. The molecule has 0 radical (unpaired) electrons. The highest BCUT2D eigenvalue weighted by molar-refractivity contribution is 6.00. The van der Waals surface area contributed by atoms with Crippen LogP contribution in [0.3, 0.4) is 0 Å². The maximum atomic E-state index is 13.3. The third-order valence-corrected chi connectivity index (χ3v) is 5.12. The Morgan fingerprint density at radius 1 is 0.963 bits per heavy atom. The van der Waals surface area contributed by atoms with E-state index < -0.39 is 0 Å². The maximum absolute atomic E-state index is 13.3. The van der Waals surface area contributed by atoms with E-state index >= 15 is 0 Å². The van der Waals surface area contributed by atoms with Crippen LogP contribution in [0.4, 0.5) is 0 Å². The van der Waals surface area contributed by atoms with Crippen molar-refractivity contribution < 1.29 is 19.0 Å². The van der Waals surface area contributed by atoms with E-state index in [2.05, 4.69) is 11.1 Å². The molecule has 1 aliphatic rings. The third-order valence-electron chi connectivity index (χ3n) is 5.12. The van der Waals surface area contributed by atoms with Crippen LogP contribution >= 0.6 is 0 Å². The highest BCUT2D eigenvalue weighted by atomic mass is 16.5. The molecular weight excluding hydrogens is 344 g/mol. The van der Waals surface area contributed by atoms with Crippen LogP contribution in [0.15, 0.2) is 36.4 Å². The SMILES string of the molecule is COc1cccc(OC)c1C(=O)N1CCc2[nH]c3c(OC)cccc3c2C1. The number of rotatable bonds is 4. The lowest BCUT2D eigenvalue weighted by Gasteiger charge is -2.28. The van der Waals surface area contributed by atoms with Crippen LogP contribution in [-0.4, -0.2) is 43.7 Å². The molecule has 3 aromatic rings. The van der Waals surface area contributed by atoms with Crippen molar-refractivity contribution in [1.29, 1.82) is 0 Å². The van der Waals surface area contributed by atoms with Crippen molar-refractivity contribution in [1.82, 2.24) is 9.88 Å². The molecule has 0 saturated heterocycles. The Hall–Kier alpha value is -3.15. The fourth-order valence-corrected chi connectivity index (χ4v) is 3.77. The van der Waals surface area contributed by atoms with Crippen LogP contribution in [0.25, 0.3) is 10.9 Å². The van der Waals surface area contributed by atoms with Crippen LogP contribution in [0.5, 0.6) is 17.2 Å². The number of H-pyrrole nitrogens is 1. The summed E-state index contributed by atoms with van der Waals surface area (Å²) in [4.78, 5) is 18.6. The van der Waals surface area contributed by atoms with Crippen molar-refractivity contribution >= 4 is 16.8 Å². The van der Waals surface area contributed by atoms with Crippen LogP contribution in [0.2, 0.25) is 0 Å². The Bertz CT molecular complexity index is 987. The molecule has 2 heterocycles. The minimum absolute atomic E-state index is 0.0906. The molecule has 1 aromatic heterocycles. The zero-order valence-electron chi connectivity index (χ0n) is 15.7. The summed E-state index contributed by atoms with van der Waals surface area (Å²) in [6.45, 7) is 1.16. The van der Waals surface area contributed by atoms with Gasteiger partial charge in [-0.2, -0.15) is 0 Å². The number of hydrogen-bond donors (Lipinski definition) is 1. The number of benzene rings is 2. The number of nitrogens with zero attached hydrogens (tertiary/aromatic N) is 1. The first-order valence-electron chi connectivity index (χ1n) is 8.84. The molecule has 4 rings (SSSR count). The standard InChI is InChI=1S/C21H22N2O4/c1-25-16-7-5-8-17(26-2)19(16)21(24)23-11-10-15-14(12-23)13-6-4-9-18(27-3)20(13)22-15/h4-9,22H,10-12H2,1-3H3. The lowest BCUT2D eigenvalue weighted by molar-refractivity contribution is 0.0728. The van der Waals surface area contributed by atoms with Gasteiger partial charge in [0.05, 0.1) is 26.8 Å². The number of amides is 1. The van der Waals surface area contributed by atoms with Gasteiger partial charge < -0.3 is 24.1 Å². The molecule has 1 N–H and O–H groups in total. The van der Waals surface area contributed by atoms with E-state index in [9.17, 15) is 4.79 Å². The fraction of sp³-hybridized carbons (Fsp3) is 0.286. The topological polar surface area (TPSA) is 63.8 Å². The Labute approximate surface area is 157 Å². The molecule has 6 heteroatoms. The summed E-state index contributed by atoms with van der Waals surface area (Å²) in [5.74, 6) is 1.76. The van der Waals surface area contributed by atoms with E-state index in [1.54, 1.807) is 33.5 Å². The summed E-state index contributed by atoms with van der Waals surface area (Å²) in [5.41, 5.74) is 3.74. The zero-order chi connectivity index (χ0) is 19.0. The first-order chi connectivity index (χ1) is 13.2. The molecule has 0 atom stereocenters. The second kappa shape index (κ2) is 6.87. The molecule has 2 aromatic carbocycles. The Balaban J connectivity index is 1.72. The van der Waals surface area contributed by atoms with Crippen molar-refractivity contribution in [3.8, 4) is 17.2 Å². The number of carbonyl (C=O) groups excluding carboxylic acids is 1. The molecule has 0 spiro atoms. The zero-order valence-corrected chi connectivity index (χ0v) is 15.7. The lowest BCUT2D eigenvalue weighted by Crippen LogP contribution is -2.36. The Morgan fingerprint density at radius 3 is 2.26 bits per heavy atom. The van der Waals surface area contributed by atoms with E-state index in [0.29, 0.717) is 30.2 Å². The average molecular weight is 366 g/mol. The molecule has 140 valence electrons. The number of para-hydroxylation sites is 1. The van der Waals surface area contributed by atoms with Gasteiger partial charge >= 0.3 is 0 Å². The highest BCUT2D eigenvalue weighted by Gasteiger charge is 2.29. The lowest BCUT2D eigenvalue weighted by atomic mass is 10.0. The van der Waals surface area contributed by atoms with E-state index in [0.717, 1.165) is 34.3 Å². The van der Waals surface area contributed by atoms with Crippen molar-refractivity contribution in [2.75, 3.05) is 27.9 Å². The van der Waals surface area contributed by atoms with Gasteiger partial charge in [-0.25, -0.2) is 0 Å². The van der Waals surface area contributed by atoms with Crippen LogP contribution in [0.1, 0.15) is 21.6 Å². The minimum Gasteiger partial charge on any atom is -0.496 e. The summed E-state index contributed by atoms with van der Waals surface area (Å²) < 4.78 is 16.3. The summed E-state index contributed by atoms with van der Waals surface area (Å²) in [6, 6.07) is 11.3. The quantitative estimate of drug-likeness (QED) is 0.769. The number of fused-ring (bicyclic) bond motifs is 3. The van der Waals surface area contributed by atoms with Gasteiger partial charge in [0.1, 0.15) is 22.8 Å². The van der Waals surface area contributed by atoms with Crippen LogP contribution in [0, 0.1) is 0 Å². The molecule has 0 fully saturated rings. The van der Waals surface area contributed by atoms with Crippen LogP contribution in [-0.2, 0) is 13.0 Å². The second-order valence-corrected chi connectivity index (χ2v) is 6.48. The minimum atomic E-state index is -0.0906. The molecule has 0 saturated carbocycles. The van der Waals surface area contributed by atoms with Crippen molar-refractivity contribution in [2.45, 2.75) is 13.0 Å². The largest absolute Gasteiger partial charge is 0.496 e. The average Bonchev–Trinajstić information content (AvgIpc) is 3.10. The molecule has 0 bridgehead atoms. The van der Waals surface area contributed by atoms with Gasteiger partial charge in [0.2, 0.25) is 0 Å². The molecule has 1 amide bonds. The number of methoxy groups -OCH3 is 3. The van der Waals surface area contributed by atoms with Gasteiger partial charge in [0.25, 0.3) is 5.91 Å². The molecule has 0 aliphatic carbocycles. The van der Waals surface area contributed by atoms with Crippen molar-refractivity contribution in [2.24, 2.45) is 0 Å². The number of carbonyl (C=O) groups is 1. The van der Waals surface area contributed by atoms with Crippen molar-refractivity contribution in [3.63, 3.8) is 0 Å². The highest BCUT2D eigenvalue weighted by Crippen LogP contribution is 2.35. The monoisotopic (exact) mass is 366 g/mol. The van der Waals surface area contributed by atoms with E-state index in [1.165, 1.54) is 0 Å². The predicted molar refractivity (Wildman–Crippen MR) is 103 cm³/mol. The summed E-state index contributed by atoms with van der Waals surface area (Å²) in [5, 5.41) is 1.09. The number of aromatic amines is 1. The number of hydrogen-bond acceptors (Lipinski definition) is 4. The maximum Gasteiger partial charge on any atom is 0.261 e. The molecule has 0 unspecified atom stereocenters. The molecular formula is C21H22N2O4. The summed E-state index contributed by atoms with van der Waals surface area (Å²) in [6.07, 6.45) is 0.760. The molecule has 1 aliphatic heterocycles. The van der Waals surface area contributed by atoms with Gasteiger partial charge in [-0.05, 0) is 18.2 Å². The van der Waals surface area contributed by atoms with E-state index in [4.69, 9.17) is 14.2 Å². The fourth-order valence-electron chi connectivity index (χ4n) is 3.77.